The lowest BCUT2D eigenvalue weighted by Crippen LogP contribution is -2.19. The van der Waals surface area contributed by atoms with Crippen LogP contribution in [0.5, 0.6) is 12.0 Å². The van der Waals surface area contributed by atoms with Crippen molar-refractivity contribution >= 4 is 6.16 Å². The van der Waals surface area contributed by atoms with Crippen LogP contribution in [0.1, 0.15) is 102 Å². The van der Waals surface area contributed by atoms with Gasteiger partial charge in [0.05, 0.1) is 22.8 Å². The van der Waals surface area contributed by atoms with Crippen molar-refractivity contribution in [3.05, 3.63) is 34.9 Å². The molecule has 0 N–H and O–H groups in total. The molecular weight excluding hydrogens is 356 g/mol. The number of hydrogen-bond donors (Lipinski definition) is 0. The maximum Gasteiger partial charge on any atom is 0.524 e. The van der Waals surface area contributed by atoms with E-state index in [1.807, 2.05) is 67.5 Å². The molecule has 0 aromatic carbocycles. The predicted molar refractivity (Wildman–Crippen MR) is 107 cm³/mol. The quantitative estimate of drug-likeness (QED) is 0.619. The van der Waals surface area contributed by atoms with E-state index in [0.29, 0.717) is 0 Å². The third-order valence-corrected chi connectivity index (χ3v) is 4.21. The van der Waals surface area contributed by atoms with Crippen LogP contribution in [0.2, 0.25) is 0 Å². The monoisotopic (exact) mass is 386 g/mol. The molecule has 2 heterocycles. The topological polar surface area (TPSA) is 87.1 Å². The zero-order valence-electron chi connectivity index (χ0n) is 18.0. The lowest BCUT2D eigenvalue weighted by Gasteiger charge is -2.13. The van der Waals surface area contributed by atoms with Gasteiger partial charge in [-0.1, -0.05) is 55.4 Å². The van der Waals surface area contributed by atoms with E-state index < -0.39 is 6.16 Å². The van der Waals surface area contributed by atoms with Crippen molar-refractivity contribution in [1.29, 1.82) is 0 Å². The van der Waals surface area contributed by atoms with E-state index in [4.69, 9.17) is 9.47 Å². The molecule has 152 valence electrons. The van der Waals surface area contributed by atoms with E-state index in [2.05, 4.69) is 19.9 Å². The lowest BCUT2D eigenvalue weighted by molar-refractivity contribution is 0.143. The molecule has 0 fully saturated rings. The molecule has 0 aliphatic carbocycles. The summed E-state index contributed by atoms with van der Waals surface area (Å²) in [5, 5.41) is 0. The van der Waals surface area contributed by atoms with Gasteiger partial charge in [-0.2, -0.15) is 19.9 Å². The summed E-state index contributed by atoms with van der Waals surface area (Å²) in [4.78, 5) is 29.6. The summed E-state index contributed by atoms with van der Waals surface area (Å²) < 4.78 is 10.5. The van der Waals surface area contributed by atoms with Crippen molar-refractivity contribution in [1.82, 2.24) is 19.9 Å². The van der Waals surface area contributed by atoms with Crippen molar-refractivity contribution in [2.45, 2.75) is 79.1 Å². The van der Waals surface area contributed by atoms with Gasteiger partial charge in [-0.3, -0.25) is 0 Å². The summed E-state index contributed by atoms with van der Waals surface area (Å²) in [6.45, 7) is 16.2. The number of ether oxygens (including phenoxy) is 2. The zero-order valence-corrected chi connectivity index (χ0v) is 18.0. The summed E-state index contributed by atoms with van der Waals surface area (Å²) >= 11 is 0. The van der Waals surface area contributed by atoms with Gasteiger partial charge in [0.1, 0.15) is 0 Å². The molecule has 0 unspecified atom stereocenters. The van der Waals surface area contributed by atoms with Crippen molar-refractivity contribution < 1.29 is 14.3 Å². The first-order valence-electron chi connectivity index (χ1n) is 9.74. The maximum atomic E-state index is 12.3. The summed E-state index contributed by atoms with van der Waals surface area (Å²) in [7, 11) is 0. The molecule has 0 radical (unpaired) electrons. The molecule has 0 saturated heterocycles. The Kier molecular flexibility index (Phi) is 7.05. The second kappa shape index (κ2) is 9.08. The Morgan fingerprint density at radius 1 is 0.607 bits per heavy atom. The molecule has 7 nitrogen and oxygen atoms in total. The molecule has 0 atom stereocenters. The average molecular weight is 386 g/mol. The van der Waals surface area contributed by atoms with Gasteiger partial charge in [0, 0.05) is 0 Å². The Morgan fingerprint density at radius 2 is 0.857 bits per heavy atom. The van der Waals surface area contributed by atoms with Crippen LogP contribution in [0.15, 0.2) is 12.1 Å². The van der Waals surface area contributed by atoms with Crippen molar-refractivity contribution in [2.24, 2.45) is 0 Å². The van der Waals surface area contributed by atoms with E-state index in [9.17, 15) is 4.79 Å². The van der Waals surface area contributed by atoms with Gasteiger partial charge in [0.15, 0.2) is 0 Å². The fourth-order valence-corrected chi connectivity index (χ4v) is 2.37. The van der Waals surface area contributed by atoms with Crippen molar-refractivity contribution in [2.75, 3.05) is 0 Å². The van der Waals surface area contributed by atoms with E-state index >= 15 is 0 Å². The van der Waals surface area contributed by atoms with Crippen LogP contribution in [0.4, 0.5) is 4.79 Å². The van der Waals surface area contributed by atoms with Gasteiger partial charge in [-0.05, 0) is 35.8 Å². The van der Waals surface area contributed by atoms with Crippen molar-refractivity contribution in [3.63, 3.8) is 0 Å². The standard InChI is InChI=1S/C21H30N4O3/c1-11(2)15-9-16(12(3)4)23-19(22-15)27-21(26)28-20-24-17(13(5)6)10-18(25-20)14(7)8/h9-14H,1-8H3. The normalized spacial score (nSPS) is 11.6. The van der Waals surface area contributed by atoms with Gasteiger partial charge in [0.2, 0.25) is 0 Å². The highest BCUT2D eigenvalue weighted by atomic mass is 16.7. The second-order valence-electron chi connectivity index (χ2n) is 8.07. The number of rotatable bonds is 6. The van der Waals surface area contributed by atoms with Crippen molar-refractivity contribution in [3.8, 4) is 12.0 Å². The number of carbonyl (C=O) groups is 1. The highest BCUT2D eigenvalue weighted by molar-refractivity contribution is 5.65. The molecule has 0 amide bonds. The molecule has 7 heteroatoms. The fraction of sp³-hybridized carbons (Fsp3) is 0.571. The van der Waals surface area contributed by atoms with E-state index in [0.717, 1.165) is 22.8 Å². The van der Waals surface area contributed by atoms with Gasteiger partial charge in [-0.25, -0.2) is 4.79 Å². The number of aromatic nitrogens is 4. The Morgan fingerprint density at radius 3 is 1.07 bits per heavy atom. The van der Waals surface area contributed by atoms with E-state index in [1.165, 1.54) is 0 Å². The Bertz CT molecular complexity index is 712. The summed E-state index contributed by atoms with van der Waals surface area (Å²) in [5.41, 5.74) is 3.23. The van der Waals surface area contributed by atoms with Gasteiger partial charge in [0.25, 0.3) is 0 Å². The van der Waals surface area contributed by atoms with Crippen LogP contribution in [0, 0.1) is 0 Å². The minimum Gasteiger partial charge on any atom is -0.358 e. The molecular formula is C21H30N4O3. The fourth-order valence-electron chi connectivity index (χ4n) is 2.37. The minimum absolute atomic E-state index is 0.0241. The smallest absolute Gasteiger partial charge is 0.358 e. The van der Waals surface area contributed by atoms with Gasteiger partial charge >= 0.3 is 18.2 Å². The SMILES string of the molecule is CC(C)c1cc(C(C)C)nc(OC(=O)Oc2nc(C(C)C)cc(C(C)C)n2)n1. The van der Waals surface area contributed by atoms with E-state index in [-0.39, 0.29) is 35.7 Å². The summed E-state index contributed by atoms with van der Waals surface area (Å²) in [5.74, 6) is 0.717. The number of nitrogens with zero attached hydrogens (tertiary/aromatic N) is 4. The largest absolute Gasteiger partial charge is 0.524 e. The first-order chi connectivity index (χ1) is 13.1. The molecule has 28 heavy (non-hydrogen) atoms. The second-order valence-corrected chi connectivity index (χ2v) is 8.07. The van der Waals surface area contributed by atoms with Crippen LogP contribution in [0.3, 0.4) is 0 Å². The molecule has 0 saturated carbocycles. The molecule has 0 bridgehead atoms. The Balaban J connectivity index is 2.25. The predicted octanol–water partition coefficient (Wildman–Crippen LogP) is 5.34. The van der Waals surface area contributed by atoms with Crippen LogP contribution >= 0.6 is 0 Å². The number of carbonyl (C=O) groups excluding carboxylic acids is 1. The first-order valence-corrected chi connectivity index (χ1v) is 9.74. The molecule has 0 spiro atoms. The molecule has 0 aliphatic heterocycles. The third kappa shape index (κ3) is 5.71. The van der Waals surface area contributed by atoms with Crippen LogP contribution in [-0.2, 0) is 0 Å². The highest BCUT2D eigenvalue weighted by Crippen LogP contribution is 2.23. The molecule has 0 aliphatic rings. The van der Waals surface area contributed by atoms with Gasteiger partial charge in [-0.15, -0.1) is 0 Å². The van der Waals surface area contributed by atoms with Crippen LogP contribution in [-0.4, -0.2) is 26.1 Å². The maximum absolute atomic E-state index is 12.3. The highest BCUT2D eigenvalue weighted by Gasteiger charge is 2.18. The Hall–Kier alpha value is -2.57. The first kappa shape index (κ1) is 21.7. The van der Waals surface area contributed by atoms with Crippen LogP contribution in [0.25, 0.3) is 0 Å². The van der Waals surface area contributed by atoms with E-state index in [1.54, 1.807) is 0 Å². The summed E-state index contributed by atoms with van der Waals surface area (Å²) in [6, 6.07) is 3.81. The van der Waals surface area contributed by atoms with Gasteiger partial charge < -0.3 is 9.47 Å². The molecule has 2 rings (SSSR count). The average Bonchev–Trinajstić information content (AvgIpc) is 2.60. The Labute approximate surface area is 166 Å². The number of hydrogen-bond acceptors (Lipinski definition) is 7. The zero-order chi connectivity index (χ0) is 21.0. The lowest BCUT2D eigenvalue weighted by atomic mass is 10.1. The molecule has 2 aromatic heterocycles. The molecule has 2 aromatic rings. The summed E-state index contributed by atoms with van der Waals surface area (Å²) in [6.07, 6.45) is -0.953. The minimum atomic E-state index is -0.953. The van der Waals surface area contributed by atoms with Crippen LogP contribution < -0.4 is 9.47 Å². The third-order valence-electron chi connectivity index (χ3n) is 4.21.